The van der Waals surface area contributed by atoms with Gasteiger partial charge in [-0.1, -0.05) is 6.92 Å². The Kier molecular flexibility index (Phi) is 3.60. The molecule has 0 aromatic heterocycles. The van der Waals surface area contributed by atoms with Gasteiger partial charge in [0, 0.05) is 17.3 Å². The SMILES string of the molecule is COC(=O)C1C(C)C([N+](=O)[O-])CC2NC(=O)C(=O)NC21. The van der Waals surface area contributed by atoms with Crippen molar-refractivity contribution in [1.29, 1.82) is 0 Å². The van der Waals surface area contributed by atoms with E-state index in [1.165, 1.54) is 7.11 Å². The highest BCUT2D eigenvalue weighted by atomic mass is 16.6. The Labute approximate surface area is 114 Å². The number of methoxy groups -OCH3 is 1. The van der Waals surface area contributed by atoms with Gasteiger partial charge in [-0.15, -0.1) is 0 Å². The number of rotatable bonds is 2. The van der Waals surface area contributed by atoms with Gasteiger partial charge in [0.15, 0.2) is 0 Å². The van der Waals surface area contributed by atoms with Crippen LogP contribution in [0.4, 0.5) is 0 Å². The molecule has 1 saturated carbocycles. The van der Waals surface area contributed by atoms with Gasteiger partial charge in [-0.2, -0.15) is 0 Å². The summed E-state index contributed by atoms with van der Waals surface area (Å²) in [6.45, 7) is 1.58. The Bertz CT molecular complexity index is 479. The number of nitrogens with one attached hydrogen (secondary N) is 2. The minimum Gasteiger partial charge on any atom is -0.469 e. The second-order valence-corrected chi connectivity index (χ2v) is 5.08. The van der Waals surface area contributed by atoms with E-state index in [9.17, 15) is 24.5 Å². The summed E-state index contributed by atoms with van der Waals surface area (Å²) in [7, 11) is 1.18. The van der Waals surface area contributed by atoms with E-state index in [1.807, 2.05) is 0 Å². The fourth-order valence-electron chi connectivity index (χ4n) is 3.00. The van der Waals surface area contributed by atoms with Crippen molar-refractivity contribution in [2.45, 2.75) is 31.5 Å². The molecule has 2 N–H and O–H groups in total. The molecule has 0 radical (unpaired) electrons. The third-order valence-corrected chi connectivity index (χ3v) is 4.05. The molecule has 9 heteroatoms. The zero-order valence-electron chi connectivity index (χ0n) is 11.0. The molecule has 1 saturated heterocycles. The molecule has 0 bridgehead atoms. The highest BCUT2D eigenvalue weighted by molar-refractivity contribution is 6.35. The van der Waals surface area contributed by atoms with Gasteiger partial charge in [0.1, 0.15) is 0 Å². The summed E-state index contributed by atoms with van der Waals surface area (Å²) >= 11 is 0. The van der Waals surface area contributed by atoms with Crippen molar-refractivity contribution in [1.82, 2.24) is 10.6 Å². The fraction of sp³-hybridized carbons (Fsp3) is 0.727. The molecule has 110 valence electrons. The lowest BCUT2D eigenvalue weighted by Gasteiger charge is -2.43. The van der Waals surface area contributed by atoms with Crippen LogP contribution >= 0.6 is 0 Å². The average Bonchev–Trinajstić information content (AvgIpc) is 2.39. The smallest absolute Gasteiger partial charge is 0.311 e. The average molecular weight is 285 g/mol. The van der Waals surface area contributed by atoms with Crippen molar-refractivity contribution in [2.24, 2.45) is 11.8 Å². The molecule has 1 aliphatic carbocycles. The first-order valence-corrected chi connectivity index (χ1v) is 6.19. The fourth-order valence-corrected chi connectivity index (χ4v) is 3.00. The third-order valence-electron chi connectivity index (χ3n) is 4.05. The number of amides is 2. The Morgan fingerprint density at radius 2 is 1.95 bits per heavy atom. The number of piperazine rings is 1. The normalized spacial score (nSPS) is 36.4. The highest BCUT2D eigenvalue weighted by Crippen LogP contribution is 2.34. The minimum absolute atomic E-state index is 0.0678. The van der Waals surface area contributed by atoms with Crippen molar-refractivity contribution in [3.63, 3.8) is 0 Å². The lowest BCUT2D eigenvalue weighted by molar-refractivity contribution is -0.537. The van der Waals surface area contributed by atoms with Gasteiger partial charge in [0.2, 0.25) is 6.04 Å². The van der Waals surface area contributed by atoms with Gasteiger partial charge in [-0.05, 0) is 0 Å². The molecule has 5 atom stereocenters. The molecule has 1 aliphatic heterocycles. The van der Waals surface area contributed by atoms with Gasteiger partial charge < -0.3 is 15.4 Å². The molecule has 2 rings (SSSR count). The Balaban J connectivity index is 2.34. The van der Waals surface area contributed by atoms with Gasteiger partial charge in [0.25, 0.3) is 0 Å². The van der Waals surface area contributed by atoms with Crippen LogP contribution in [-0.2, 0) is 19.1 Å². The predicted octanol–water partition coefficient (Wildman–Crippen LogP) is -1.56. The first-order chi connectivity index (χ1) is 9.36. The van der Waals surface area contributed by atoms with Crippen LogP contribution in [0.2, 0.25) is 0 Å². The number of fused-ring (bicyclic) bond motifs is 1. The number of carbonyl (C=O) groups is 3. The first kappa shape index (κ1) is 14.2. The highest BCUT2D eigenvalue weighted by Gasteiger charge is 2.54. The number of carbonyl (C=O) groups excluding carboxylic acids is 3. The standard InChI is InChI=1S/C11H15N3O6/c1-4-6(14(18)19)3-5-8(7(4)11(17)20-2)13-10(16)9(15)12-5/h4-8H,3H2,1-2H3,(H,12,15)(H,13,16). The maximum absolute atomic E-state index is 11.9. The van der Waals surface area contributed by atoms with E-state index in [4.69, 9.17) is 0 Å². The topological polar surface area (TPSA) is 128 Å². The maximum Gasteiger partial charge on any atom is 0.311 e. The lowest BCUT2D eigenvalue weighted by atomic mass is 9.70. The Morgan fingerprint density at radius 3 is 2.50 bits per heavy atom. The first-order valence-electron chi connectivity index (χ1n) is 6.19. The Hall–Kier alpha value is -2.19. The van der Waals surface area contributed by atoms with Crippen molar-refractivity contribution in [3.05, 3.63) is 10.1 Å². The summed E-state index contributed by atoms with van der Waals surface area (Å²) in [6, 6.07) is -2.30. The molecule has 0 aromatic rings. The van der Waals surface area contributed by atoms with E-state index in [0.717, 1.165) is 0 Å². The van der Waals surface area contributed by atoms with E-state index < -0.39 is 52.7 Å². The quantitative estimate of drug-likeness (QED) is 0.273. The van der Waals surface area contributed by atoms with Gasteiger partial charge in [-0.3, -0.25) is 24.5 Å². The van der Waals surface area contributed by atoms with Crippen LogP contribution < -0.4 is 10.6 Å². The van der Waals surface area contributed by atoms with E-state index >= 15 is 0 Å². The van der Waals surface area contributed by atoms with Gasteiger partial charge >= 0.3 is 17.8 Å². The number of ether oxygens (including phenoxy) is 1. The molecule has 0 spiro atoms. The third kappa shape index (κ3) is 2.19. The molecular weight excluding hydrogens is 270 g/mol. The van der Waals surface area contributed by atoms with Crippen molar-refractivity contribution >= 4 is 17.8 Å². The van der Waals surface area contributed by atoms with Crippen molar-refractivity contribution < 1.29 is 24.0 Å². The monoisotopic (exact) mass is 285 g/mol. The summed E-state index contributed by atoms with van der Waals surface area (Å²) < 4.78 is 4.67. The number of esters is 1. The van der Waals surface area contributed by atoms with Crippen LogP contribution in [-0.4, -0.2) is 47.9 Å². The summed E-state index contributed by atoms with van der Waals surface area (Å²) in [6.07, 6.45) is 0.0678. The van der Waals surface area contributed by atoms with Crippen LogP contribution in [0.1, 0.15) is 13.3 Å². The maximum atomic E-state index is 11.9. The van der Waals surface area contributed by atoms with Crippen molar-refractivity contribution in [2.75, 3.05) is 7.11 Å². The molecule has 2 aliphatic rings. The number of hydrogen-bond donors (Lipinski definition) is 2. The lowest BCUT2D eigenvalue weighted by Crippen LogP contribution is -2.70. The molecule has 9 nitrogen and oxygen atoms in total. The molecule has 1 heterocycles. The zero-order valence-corrected chi connectivity index (χ0v) is 11.0. The Morgan fingerprint density at radius 1 is 1.35 bits per heavy atom. The van der Waals surface area contributed by atoms with Crippen LogP contribution in [0.5, 0.6) is 0 Å². The van der Waals surface area contributed by atoms with Crippen LogP contribution in [0, 0.1) is 22.0 Å². The largest absolute Gasteiger partial charge is 0.469 e. The van der Waals surface area contributed by atoms with Crippen LogP contribution in [0.3, 0.4) is 0 Å². The van der Waals surface area contributed by atoms with E-state index in [2.05, 4.69) is 15.4 Å². The zero-order chi connectivity index (χ0) is 15.0. The van der Waals surface area contributed by atoms with E-state index in [-0.39, 0.29) is 6.42 Å². The van der Waals surface area contributed by atoms with Crippen LogP contribution in [0.25, 0.3) is 0 Å². The molecule has 20 heavy (non-hydrogen) atoms. The molecule has 2 fully saturated rings. The summed E-state index contributed by atoms with van der Waals surface area (Å²) in [5.74, 6) is -3.78. The molecular formula is C11H15N3O6. The number of nitro groups is 1. The minimum atomic E-state index is -0.976. The molecule has 2 amide bonds. The summed E-state index contributed by atoms with van der Waals surface area (Å²) in [5.41, 5.74) is 0. The second kappa shape index (κ2) is 5.06. The number of nitrogens with zero attached hydrogens (tertiary/aromatic N) is 1. The second-order valence-electron chi connectivity index (χ2n) is 5.08. The molecule has 5 unspecified atom stereocenters. The van der Waals surface area contributed by atoms with Crippen LogP contribution in [0.15, 0.2) is 0 Å². The summed E-state index contributed by atoms with van der Waals surface area (Å²) in [5, 5.41) is 16.0. The van der Waals surface area contributed by atoms with Crippen molar-refractivity contribution in [3.8, 4) is 0 Å². The number of hydrogen-bond acceptors (Lipinski definition) is 6. The van der Waals surface area contributed by atoms with Gasteiger partial charge in [0.05, 0.1) is 25.1 Å². The van der Waals surface area contributed by atoms with E-state index in [0.29, 0.717) is 0 Å². The molecule has 0 aromatic carbocycles. The predicted molar refractivity (Wildman–Crippen MR) is 63.9 cm³/mol. The van der Waals surface area contributed by atoms with E-state index in [1.54, 1.807) is 6.92 Å². The summed E-state index contributed by atoms with van der Waals surface area (Å²) in [4.78, 5) is 45.3. The van der Waals surface area contributed by atoms with Gasteiger partial charge in [-0.25, -0.2) is 0 Å².